The minimum absolute atomic E-state index is 0.240. The number of nitrogens with zero attached hydrogens (tertiary/aromatic N) is 3. The molecule has 7 heteroatoms. The zero-order valence-corrected chi connectivity index (χ0v) is 16.4. The summed E-state index contributed by atoms with van der Waals surface area (Å²) in [7, 11) is 0. The van der Waals surface area contributed by atoms with Crippen LogP contribution in [0.3, 0.4) is 0 Å². The van der Waals surface area contributed by atoms with Crippen molar-refractivity contribution in [1.29, 1.82) is 0 Å². The third kappa shape index (κ3) is 4.53. The van der Waals surface area contributed by atoms with Crippen LogP contribution >= 0.6 is 11.3 Å². The quantitative estimate of drug-likeness (QED) is 0.892. The number of thiazole rings is 1. The summed E-state index contributed by atoms with van der Waals surface area (Å²) in [5, 5.41) is 3.06. The molecule has 0 spiro atoms. The van der Waals surface area contributed by atoms with Gasteiger partial charge in [-0.25, -0.2) is 9.78 Å². The predicted octanol–water partition coefficient (Wildman–Crippen LogP) is 3.33. The number of amides is 1. The number of piperazine rings is 1. The normalized spacial score (nSPS) is 15.2. The van der Waals surface area contributed by atoms with Crippen LogP contribution in [0.2, 0.25) is 0 Å². The van der Waals surface area contributed by atoms with Crippen molar-refractivity contribution in [3.63, 3.8) is 0 Å². The first kappa shape index (κ1) is 18.7. The molecule has 0 saturated carbocycles. The summed E-state index contributed by atoms with van der Waals surface area (Å²) in [6, 6.07) is 8.17. The van der Waals surface area contributed by atoms with Crippen LogP contribution in [-0.4, -0.2) is 47.8 Å². The Morgan fingerprint density at radius 3 is 2.65 bits per heavy atom. The van der Waals surface area contributed by atoms with Crippen LogP contribution in [0.1, 0.15) is 26.3 Å². The molecule has 140 valence electrons. The second-order valence-electron chi connectivity index (χ2n) is 7.37. The highest BCUT2D eigenvalue weighted by Gasteiger charge is 2.26. The number of hydrogen-bond acceptors (Lipinski definition) is 6. The van der Waals surface area contributed by atoms with Gasteiger partial charge in [0, 0.05) is 43.7 Å². The van der Waals surface area contributed by atoms with E-state index in [0.717, 1.165) is 35.0 Å². The third-order valence-corrected chi connectivity index (χ3v) is 5.05. The van der Waals surface area contributed by atoms with E-state index in [0.29, 0.717) is 19.6 Å². The van der Waals surface area contributed by atoms with Gasteiger partial charge in [-0.3, -0.25) is 0 Å². The van der Waals surface area contributed by atoms with E-state index in [1.165, 1.54) is 0 Å². The monoisotopic (exact) mass is 374 g/mol. The number of nitrogens with two attached hydrogens (primary N) is 1. The Kier molecular flexibility index (Phi) is 5.48. The Labute approximate surface area is 158 Å². The molecule has 2 N–H and O–H groups in total. The largest absolute Gasteiger partial charge is 0.444 e. The molecule has 0 aliphatic carbocycles. The van der Waals surface area contributed by atoms with Crippen molar-refractivity contribution in [3.8, 4) is 11.3 Å². The minimum Gasteiger partial charge on any atom is -0.444 e. The Bertz CT molecular complexity index is 761. The van der Waals surface area contributed by atoms with Crippen LogP contribution in [0.4, 0.5) is 9.93 Å². The summed E-state index contributed by atoms with van der Waals surface area (Å²) in [5.74, 6) is 0. The van der Waals surface area contributed by atoms with Gasteiger partial charge in [0.05, 0.1) is 5.69 Å². The number of aromatic nitrogens is 1. The SMILES string of the molecule is CC(C)(C)OC(=O)N1CCN(c2nc(-c3cccc(CN)c3)cs2)CC1. The molecule has 3 rings (SSSR count). The molecular weight excluding hydrogens is 348 g/mol. The topological polar surface area (TPSA) is 71.7 Å². The molecule has 1 aromatic carbocycles. The molecule has 2 aromatic rings. The zero-order valence-electron chi connectivity index (χ0n) is 15.6. The average molecular weight is 375 g/mol. The Balaban J connectivity index is 1.62. The molecule has 1 aromatic heterocycles. The summed E-state index contributed by atoms with van der Waals surface area (Å²) in [6.45, 7) is 8.99. The minimum atomic E-state index is -0.462. The van der Waals surface area contributed by atoms with Crippen LogP contribution in [0, 0.1) is 0 Å². The molecular formula is C19H26N4O2S. The maximum atomic E-state index is 12.2. The van der Waals surface area contributed by atoms with Gasteiger partial charge < -0.3 is 20.3 Å². The predicted molar refractivity (Wildman–Crippen MR) is 105 cm³/mol. The van der Waals surface area contributed by atoms with Crippen molar-refractivity contribution >= 4 is 22.6 Å². The smallest absolute Gasteiger partial charge is 0.410 e. The fourth-order valence-electron chi connectivity index (χ4n) is 2.81. The number of carbonyl (C=O) groups is 1. The van der Waals surface area contributed by atoms with E-state index in [1.807, 2.05) is 32.9 Å². The molecule has 1 aliphatic heterocycles. The molecule has 1 amide bonds. The van der Waals surface area contributed by atoms with E-state index in [4.69, 9.17) is 15.5 Å². The molecule has 6 nitrogen and oxygen atoms in total. The summed E-state index contributed by atoms with van der Waals surface area (Å²) >= 11 is 1.63. The Morgan fingerprint density at radius 2 is 2.00 bits per heavy atom. The number of hydrogen-bond donors (Lipinski definition) is 1. The second kappa shape index (κ2) is 7.63. The molecule has 0 bridgehead atoms. The Hall–Kier alpha value is -2.12. The highest BCUT2D eigenvalue weighted by Crippen LogP contribution is 2.28. The lowest BCUT2D eigenvalue weighted by atomic mass is 10.1. The van der Waals surface area contributed by atoms with Crippen LogP contribution < -0.4 is 10.6 Å². The average Bonchev–Trinajstić information content (AvgIpc) is 3.10. The van der Waals surface area contributed by atoms with Gasteiger partial charge >= 0.3 is 6.09 Å². The lowest BCUT2D eigenvalue weighted by Gasteiger charge is -2.35. The number of anilines is 1. The summed E-state index contributed by atoms with van der Waals surface area (Å²) < 4.78 is 5.45. The van der Waals surface area contributed by atoms with E-state index in [1.54, 1.807) is 16.2 Å². The second-order valence-corrected chi connectivity index (χ2v) is 8.21. The maximum Gasteiger partial charge on any atom is 0.410 e. The first-order chi connectivity index (χ1) is 12.4. The van der Waals surface area contributed by atoms with Gasteiger partial charge in [0.2, 0.25) is 0 Å². The number of rotatable bonds is 3. The van der Waals surface area contributed by atoms with E-state index in [2.05, 4.69) is 22.4 Å². The molecule has 1 aliphatic rings. The molecule has 0 atom stereocenters. The van der Waals surface area contributed by atoms with Crippen LogP contribution in [-0.2, 0) is 11.3 Å². The van der Waals surface area contributed by atoms with Crippen molar-refractivity contribution < 1.29 is 9.53 Å². The van der Waals surface area contributed by atoms with Crippen LogP contribution in [0.5, 0.6) is 0 Å². The van der Waals surface area contributed by atoms with Gasteiger partial charge in [-0.15, -0.1) is 11.3 Å². The number of benzene rings is 1. The lowest BCUT2D eigenvalue weighted by molar-refractivity contribution is 0.0240. The molecule has 1 saturated heterocycles. The maximum absolute atomic E-state index is 12.2. The summed E-state index contributed by atoms with van der Waals surface area (Å²) in [6.07, 6.45) is -0.240. The summed E-state index contributed by atoms with van der Waals surface area (Å²) in [4.78, 5) is 20.9. The molecule has 2 heterocycles. The summed E-state index contributed by atoms with van der Waals surface area (Å²) in [5.41, 5.74) is 8.42. The van der Waals surface area contributed by atoms with Crippen molar-refractivity contribution in [3.05, 3.63) is 35.2 Å². The number of ether oxygens (including phenoxy) is 1. The molecule has 0 radical (unpaired) electrons. The van der Waals surface area contributed by atoms with E-state index in [-0.39, 0.29) is 6.09 Å². The molecule has 26 heavy (non-hydrogen) atoms. The van der Waals surface area contributed by atoms with Gasteiger partial charge in [0.15, 0.2) is 5.13 Å². The van der Waals surface area contributed by atoms with E-state index < -0.39 is 5.60 Å². The molecule has 0 unspecified atom stereocenters. The zero-order chi connectivity index (χ0) is 18.7. The van der Waals surface area contributed by atoms with E-state index in [9.17, 15) is 4.79 Å². The van der Waals surface area contributed by atoms with Crippen molar-refractivity contribution in [2.45, 2.75) is 32.9 Å². The molecule has 1 fully saturated rings. The van der Waals surface area contributed by atoms with Gasteiger partial charge in [-0.1, -0.05) is 18.2 Å². The standard InChI is InChI=1S/C19H26N4O2S/c1-19(2,3)25-18(24)23-9-7-22(8-10-23)17-21-16(13-26-17)15-6-4-5-14(11-15)12-20/h4-6,11,13H,7-10,12,20H2,1-3H3. The van der Waals surface area contributed by atoms with E-state index >= 15 is 0 Å². The van der Waals surface area contributed by atoms with Gasteiger partial charge in [-0.05, 0) is 32.4 Å². The van der Waals surface area contributed by atoms with Crippen molar-refractivity contribution in [1.82, 2.24) is 9.88 Å². The fraction of sp³-hybridized carbons (Fsp3) is 0.474. The first-order valence-corrected chi connectivity index (χ1v) is 9.71. The first-order valence-electron chi connectivity index (χ1n) is 8.83. The number of carbonyl (C=O) groups excluding carboxylic acids is 1. The van der Waals surface area contributed by atoms with Crippen molar-refractivity contribution in [2.75, 3.05) is 31.1 Å². The highest BCUT2D eigenvalue weighted by molar-refractivity contribution is 7.14. The lowest BCUT2D eigenvalue weighted by Crippen LogP contribution is -2.50. The van der Waals surface area contributed by atoms with Crippen LogP contribution in [0.25, 0.3) is 11.3 Å². The highest BCUT2D eigenvalue weighted by atomic mass is 32.1. The Morgan fingerprint density at radius 1 is 1.27 bits per heavy atom. The van der Waals surface area contributed by atoms with Crippen molar-refractivity contribution in [2.24, 2.45) is 5.73 Å². The van der Waals surface area contributed by atoms with Gasteiger partial charge in [-0.2, -0.15) is 0 Å². The fourth-order valence-corrected chi connectivity index (χ4v) is 3.70. The van der Waals surface area contributed by atoms with Gasteiger partial charge in [0.1, 0.15) is 5.60 Å². The van der Waals surface area contributed by atoms with Crippen LogP contribution in [0.15, 0.2) is 29.6 Å². The van der Waals surface area contributed by atoms with Gasteiger partial charge in [0.25, 0.3) is 0 Å². The third-order valence-electron chi connectivity index (χ3n) is 4.15.